The molecule has 3 aromatic rings. The molecule has 2 aromatic heterocycles. The lowest BCUT2D eigenvalue weighted by molar-refractivity contribution is 0.153. The summed E-state index contributed by atoms with van der Waals surface area (Å²) < 4.78 is 15.8. The minimum Gasteiger partial charge on any atom is -0.299 e. The lowest BCUT2D eigenvalue weighted by Gasteiger charge is -2.32. The van der Waals surface area contributed by atoms with E-state index in [0.29, 0.717) is 5.92 Å². The molecule has 1 aliphatic heterocycles. The Morgan fingerprint density at radius 3 is 3.12 bits per heavy atom. The van der Waals surface area contributed by atoms with E-state index in [1.807, 2.05) is 16.8 Å². The van der Waals surface area contributed by atoms with Crippen LogP contribution in [0.3, 0.4) is 0 Å². The van der Waals surface area contributed by atoms with Crippen LogP contribution in [0.25, 0.3) is 10.9 Å². The number of aromatic nitrogens is 4. The molecular formula is C18H20FN5. The van der Waals surface area contributed by atoms with Gasteiger partial charge in [0, 0.05) is 31.2 Å². The molecule has 0 radical (unpaired) electrons. The summed E-state index contributed by atoms with van der Waals surface area (Å²) in [5.74, 6) is 0.356. The highest BCUT2D eigenvalue weighted by Gasteiger charge is 2.21. The molecule has 1 aliphatic rings. The zero-order valence-electron chi connectivity index (χ0n) is 13.5. The van der Waals surface area contributed by atoms with Crippen LogP contribution in [-0.2, 0) is 13.1 Å². The first-order valence-corrected chi connectivity index (χ1v) is 8.36. The van der Waals surface area contributed by atoms with Gasteiger partial charge in [-0.2, -0.15) is 5.10 Å². The van der Waals surface area contributed by atoms with Crippen LogP contribution in [0.15, 0.2) is 43.1 Å². The summed E-state index contributed by atoms with van der Waals surface area (Å²) in [4.78, 5) is 10.9. The molecule has 0 unspecified atom stereocenters. The predicted molar refractivity (Wildman–Crippen MR) is 89.7 cm³/mol. The molecule has 24 heavy (non-hydrogen) atoms. The average Bonchev–Trinajstić information content (AvgIpc) is 3.08. The molecule has 0 saturated carbocycles. The van der Waals surface area contributed by atoms with Gasteiger partial charge < -0.3 is 0 Å². The zero-order valence-corrected chi connectivity index (χ0v) is 13.5. The SMILES string of the molecule is Fc1cc(CN2CCC[C@@H](Cn3cncn3)C2)c2ncccc2c1. The first-order valence-electron chi connectivity index (χ1n) is 8.36. The Labute approximate surface area is 140 Å². The summed E-state index contributed by atoms with van der Waals surface area (Å²) in [5, 5.41) is 5.06. The highest BCUT2D eigenvalue weighted by Crippen LogP contribution is 2.24. The number of nitrogens with zero attached hydrogens (tertiary/aromatic N) is 5. The van der Waals surface area contributed by atoms with Crippen molar-refractivity contribution in [2.24, 2.45) is 5.92 Å². The molecule has 5 nitrogen and oxygen atoms in total. The Bertz CT molecular complexity index is 817. The zero-order chi connectivity index (χ0) is 16.4. The third-order valence-electron chi connectivity index (χ3n) is 4.66. The van der Waals surface area contributed by atoms with Crippen molar-refractivity contribution < 1.29 is 4.39 Å². The third-order valence-corrected chi connectivity index (χ3v) is 4.66. The number of hydrogen-bond donors (Lipinski definition) is 0. The lowest BCUT2D eigenvalue weighted by Crippen LogP contribution is -2.36. The maximum Gasteiger partial charge on any atom is 0.137 e. The molecular weight excluding hydrogens is 305 g/mol. The number of pyridine rings is 1. The van der Waals surface area contributed by atoms with Crippen molar-refractivity contribution in [3.8, 4) is 0 Å². The van der Waals surface area contributed by atoms with Crippen molar-refractivity contribution in [1.29, 1.82) is 0 Å². The summed E-state index contributed by atoms with van der Waals surface area (Å²) >= 11 is 0. The van der Waals surface area contributed by atoms with Crippen molar-refractivity contribution in [1.82, 2.24) is 24.6 Å². The van der Waals surface area contributed by atoms with Crippen molar-refractivity contribution in [2.75, 3.05) is 13.1 Å². The van der Waals surface area contributed by atoms with Crippen molar-refractivity contribution in [2.45, 2.75) is 25.9 Å². The van der Waals surface area contributed by atoms with E-state index in [9.17, 15) is 4.39 Å². The summed E-state index contributed by atoms with van der Waals surface area (Å²) in [6.45, 7) is 3.65. The molecule has 1 fully saturated rings. The van der Waals surface area contributed by atoms with Crippen LogP contribution in [-0.4, -0.2) is 37.7 Å². The van der Waals surface area contributed by atoms with Gasteiger partial charge in [0.05, 0.1) is 5.52 Å². The second-order valence-electron chi connectivity index (χ2n) is 6.50. The normalized spacial score (nSPS) is 19.0. The van der Waals surface area contributed by atoms with Crippen molar-refractivity contribution in [3.63, 3.8) is 0 Å². The van der Waals surface area contributed by atoms with E-state index in [1.54, 1.807) is 31.0 Å². The fourth-order valence-electron chi connectivity index (χ4n) is 3.62. The second kappa shape index (κ2) is 6.65. The molecule has 4 rings (SSSR count). The van der Waals surface area contributed by atoms with Crippen LogP contribution in [0.5, 0.6) is 0 Å². The Hall–Kier alpha value is -2.34. The van der Waals surface area contributed by atoms with Crippen molar-refractivity contribution >= 4 is 10.9 Å². The molecule has 124 valence electrons. The van der Waals surface area contributed by atoms with Crippen LogP contribution >= 0.6 is 0 Å². The Kier molecular flexibility index (Phi) is 4.21. The molecule has 1 aromatic carbocycles. The maximum atomic E-state index is 13.9. The fourth-order valence-corrected chi connectivity index (χ4v) is 3.62. The summed E-state index contributed by atoms with van der Waals surface area (Å²) in [5.41, 5.74) is 1.87. The molecule has 1 saturated heterocycles. The lowest BCUT2D eigenvalue weighted by atomic mass is 9.97. The first kappa shape index (κ1) is 15.2. The van der Waals surface area contributed by atoms with Crippen LogP contribution < -0.4 is 0 Å². The number of piperidine rings is 1. The smallest absolute Gasteiger partial charge is 0.137 e. The number of hydrogen-bond acceptors (Lipinski definition) is 4. The van der Waals surface area contributed by atoms with E-state index in [1.165, 1.54) is 6.42 Å². The van der Waals surface area contributed by atoms with Crippen LogP contribution in [0.4, 0.5) is 4.39 Å². The molecule has 0 spiro atoms. The van der Waals surface area contributed by atoms with E-state index in [-0.39, 0.29) is 5.82 Å². The quantitative estimate of drug-likeness (QED) is 0.740. The van der Waals surface area contributed by atoms with Crippen LogP contribution in [0, 0.1) is 11.7 Å². The van der Waals surface area contributed by atoms with Gasteiger partial charge in [0.15, 0.2) is 0 Å². The van der Waals surface area contributed by atoms with Gasteiger partial charge in [-0.1, -0.05) is 6.07 Å². The van der Waals surface area contributed by atoms with Gasteiger partial charge in [-0.15, -0.1) is 0 Å². The summed E-state index contributed by atoms with van der Waals surface area (Å²) in [6, 6.07) is 6.94. The number of benzene rings is 1. The van der Waals surface area contributed by atoms with Gasteiger partial charge in [0.25, 0.3) is 0 Å². The molecule has 1 atom stereocenters. The topological polar surface area (TPSA) is 46.8 Å². The molecule has 0 amide bonds. The molecule has 0 bridgehead atoms. The monoisotopic (exact) mass is 325 g/mol. The fraction of sp³-hybridized carbons (Fsp3) is 0.389. The van der Waals surface area contributed by atoms with Gasteiger partial charge in [-0.25, -0.2) is 9.37 Å². The van der Waals surface area contributed by atoms with Gasteiger partial charge >= 0.3 is 0 Å². The predicted octanol–water partition coefficient (Wildman–Crippen LogP) is 2.88. The number of likely N-dealkylation sites (tertiary alicyclic amines) is 1. The number of fused-ring (bicyclic) bond motifs is 1. The molecule has 0 N–H and O–H groups in total. The van der Waals surface area contributed by atoms with Crippen LogP contribution in [0.2, 0.25) is 0 Å². The van der Waals surface area contributed by atoms with E-state index < -0.39 is 0 Å². The van der Waals surface area contributed by atoms with Crippen molar-refractivity contribution in [3.05, 3.63) is 54.5 Å². The number of rotatable bonds is 4. The molecule has 6 heteroatoms. The second-order valence-corrected chi connectivity index (χ2v) is 6.50. The first-order chi connectivity index (χ1) is 11.8. The summed E-state index contributed by atoms with van der Waals surface area (Å²) in [7, 11) is 0. The largest absolute Gasteiger partial charge is 0.299 e. The Morgan fingerprint density at radius 1 is 1.29 bits per heavy atom. The minimum absolute atomic E-state index is 0.193. The number of halogens is 1. The van der Waals surface area contributed by atoms with E-state index >= 15 is 0 Å². The van der Waals surface area contributed by atoms with Gasteiger partial charge in [0.1, 0.15) is 18.5 Å². The standard InChI is InChI=1S/C18H20FN5/c19-17-7-15-4-1-5-21-18(15)16(8-17)11-23-6-2-3-14(9-23)10-24-13-20-12-22-24/h1,4-5,7-8,12-14H,2-3,6,9-11H2/t14-/m1/s1. The van der Waals surface area contributed by atoms with Gasteiger partial charge in [0.2, 0.25) is 0 Å². The van der Waals surface area contributed by atoms with E-state index in [2.05, 4.69) is 20.0 Å². The van der Waals surface area contributed by atoms with Gasteiger partial charge in [-0.05, 0) is 49.1 Å². The Morgan fingerprint density at radius 2 is 2.25 bits per heavy atom. The van der Waals surface area contributed by atoms with E-state index in [0.717, 1.165) is 49.1 Å². The molecule has 0 aliphatic carbocycles. The highest BCUT2D eigenvalue weighted by molar-refractivity contribution is 5.81. The maximum absolute atomic E-state index is 13.9. The highest BCUT2D eigenvalue weighted by atomic mass is 19.1. The van der Waals surface area contributed by atoms with E-state index in [4.69, 9.17) is 0 Å². The Balaban J connectivity index is 1.50. The average molecular weight is 325 g/mol. The third kappa shape index (κ3) is 3.28. The molecule has 3 heterocycles. The minimum atomic E-state index is -0.193. The summed E-state index contributed by atoms with van der Waals surface area (Å²) in [6.07, 6.45) is 7.46. The van der Waals surface area contributed by atoms with Crippen LogP contribution in [0.1, 0.15) is 18.4 Å². The van der Waals surface area contributed by atoms with Gasteiger partial charge in [-0.3, -0.25) is 14.6 Å².